The molecule has 26 heavy (non-hydrogen) atoms. The quantitative estimate of drug-likeness (QED) is 0.168. The van der Waals surface area contributed by atoms with Crippen molar-refractivity contribution >= 4 is 7.37 Å². The van der Waals surface area contributed by atoms with E-state index in [0.717, 1.165) is 25.7 Å². The lowest BCUT2D eigenvalue weighted by atomic mass is 10.0. The van der Waals surface area contributed by atoms with Gasteiger partial charge in [-0.05, 0) is 18.7 Å². The molecule has 156 valence electrons. The van der Waals surface area contributed by atoms with E-state index in [1.54, 1.807) is 5.82 Å². The Morgan fingerprint density at radius 1 is 0.615 bits per heavy atom. The molecule has 2 nitrogen and oxygen atoms in total. The summed E-state index contributed by atoms with van der Waals surface area (Å²) in [6.45, 7) is 4.36. The van der Waals surface area contributed by atoms with Gasteiger partial charge >= 0.3 is 0 Å². The average molecular weight is 387 g/mol. The summed E-state index contributed by atoms with van der Waals surface area (Å²) in [6.07, 6.45) is 25.6. The van der Waals surface area contributed by atoms with Gasteiger partial charge in [-0.2, -0.15) is 0 Å². The van der Waals surface area contributed by atoms with Crippen molar-refractivity contribution in [1.82, 2.24) is 0 Å². The van der Waals surface area contributed by atoms with E-state index in [4.69, 9.17) is 0 Å². The Hall–Kier alpha value is -0.0700. The summed E-state index contributed by atoms with van der Waals surface area (Å²) < 4.78 is 11.9. The smallest absolute Gasteiger partial charge is 0.222 e. The van der Waals surface area contributed by atoms with Crippen molar-refractivity contribution in [2.75, 3.05) is 6.16 Å². The largest absolute Gasteiger partial charge is 0.341 e. The Morgan fingerprint density at radius 3 is 1.38 bits per heavy atom. The van der Waals surface area contributed by atoms with Crippen molar-refractivity contribution in [3.8, 4) is 0 Å². The Morgan fingerprint density at radius 2 is 1.00 bits per heavy atom. The molecule has 1 unspecified atom stereocenters. The molecule has 0 amide bonds. The molecule has 0 saturated carbocycles. The molecule has 0 radical (unpaired) electrons. The third-order valence-corrected chi connectivity index (χ3v) is 6.76. The first-order valence-electron chi connectivity index (χ1n) is 11.6. The second-order valence-electron chi connectivity index (χ2n) is 7.96. The van der Waals surface area contributed by atoms with Crippen LogP contribution in [0.1, 0.15) is 129 Å². The van der Waals surface area contributed by atoms with Gasteiger partial charge < -0.3 is 4.89 Å². The van der Waals surface area contributed by atoms with Gasteiger partial charge in [0.25, 0.3) is 0 Å². The van der Waals surface area contributed by atoms with Crippen LogP contribution in [0.15, 0.2) is 11.9 Å². The van der Waals surface area contributed by atoms with E-state index in [2.05, 4.69) is 13.8 Å². The number of unbranched alkanes of at least 4 members (excludes halogenated alkanes) is 16. The van der Waals surface area contributed by atoms with E-state index in [1.807, 2.05) is 6.08 Å². The monoisotopic (exact) mass is 386 g/mol. The Bertz CT molecular complexity index is 352. The zero-order valence-corrected chi connectivity index (χ0v) is 18.8. The average Bonchev–Trinajstić information content (AvgIpc) is 2.61. The van der Waals surface area contributed by atoms with Crippen LogP contribution < -0.4 is 0 Å². The highest BCUT2D eigenvalue weighted by atomic mass is 31.2. The number of hydrogen-bond donors (Lipinski definition) is 1. The SMILES string of the molecule is CCCC=CP(=O)(O)CCCCCCCCCCCCCCCCCC. The minimum absolute atomic E-state index is 0.464. The zero-order chi connectivity index (χ0) is 19.3. The van der Waals surface area contributed by atoms with Crippen molar-refractivity contribution in [3.05, 3.63) is 11.9 Å². The van der Waals surface area contributed by atoms with Gasteiger partial charge in [0.05, 0.1) is 0 Å². The molecule has 0 aliphatic carbocycles. The summed E-state index contributed by atoms with van der Waals surface area (Å²) in [7, 11) is -2.99. The first-order valence-corrected chi connectivity index (χ1v) is 13.5. The first kappa shape index (κ1) is 25.9. The van der Waals surface area contributed by atoms with Crippen LogP contribution in [0.2, 0.25) is 0 Å². The van der Waals surface area contributed by atoms with E-state index < -0.39 is 7.37 Å². The molecule has 0 aliphatic rings. The van der Waals surface area contributed by atoms with Gasteiger partial charge in [-0.25, -0.2) is 0 Å². The molecule has 0 aliphatic heterocycles. The van der Waals surface area contributed by atoms with Crippen molar-refractivity contribution in [1.29, 1.82) is 0 Å². The molecule has 0 rings (SSSR count). The summed E-state index contributed by atoms with van der Waals surface area (Å²) >= 11 is 0. The van der Waals surface area contributed by atoms with Crippen LogP contribution in [-0.4, -0.2) is 11.1 Å². The van der Waals surface area contributed by atoms with Crippen molar-refractivity contribution in [2.45, 2.75) is 129 Å². The lowest BCUT2D eigenvalue weighted by Gasteiger charge is -2.06. The van der Waals surface area contributed by atoms with E-state index >= 15 is 0 Å². The van der Waals surface area contributed by atoms with Gasteiger partial charge in [-0.1, -0.05) is 123 Å². The molecule has 0 spiro atoms. The molecule has 3 heteroatoms. The lowest BCUT2D eigenvalue weighted by Crippen LogP contribution is -1.88. The number of allylic oxidation sites excluding steroid dienone is 1. The van der Waals surface area contributed by atoms with Crippen LogP contribution in [0.5, 0.6) is 0 Å². The summed E-state index contributed by atoms with van der Waals surface area (Å²) in [4.78, 5) is 9.83. The van der Waals surface area contributed by atoms with E-state index in [9.17, 15) is 9.46 Å². The molecular weight excluding hydrogens is 339 g/mol. The first-order chi connectivity index (χ1) is 12.6. The highest BCUT2D eigenvalue weighted by Crippen LogP contribution is 2.43. The molecular formula is C23H47O2P. The number of hydrogen-bond acceptors (Lipinski definition) is 1. The Balaban J connectivity index is 3.23. The predicted octanol–water partition coefficient (Wildman–Crippen LogP) is 8.83. The third-order valence-electron chi connectivity index (χ3n) is 5.13. The number of rotatable bonds is 20. The van der Waals surface area contributed by atoms with Crippen LogP contribution in [0.3, 0.4) is 0 Å². The topological polar surface area (TPSA) is 37.3 Å². The van der Waals surface area contributed by atoms with Crippen molar-refractivity contribution < 1.29 is 9.46 Å². The highest BCUT2D eigenvalue weighted by molar-refractivity contribution is 7.61. The fourth-order valence-electron chi connectivity index (χ4n) is 3.37. The van der Waals surface area contributed by atoms with E-state index in [-0.39, 0.29) is 0 Å². The van der Waals surface area contributed by atoms with Crippen molar-refractivity contribution in [2.24, 2.45) is 0 Å². The summed E-state index contributed by atoms with van der Waals surface area (Å²) in [5, 5.41) is 0. The molecule has 0 fully saturated rings. The van der Waals surface area contributed by atoms with Crippen LogP contribution in [0.4, 0.5) is 0 Å². The standard InChI is InChI=1S/C23H47O2P/c1-3-5-7-8-9-10-11-12-13-14-15-16-17-18-19-21-23-26(24,25)22-20-6-4-2/h20,22H,3-19,21,23H2,1-2H3,(H,24,25). The van der Waals surface area contributed by atoms with Crippen LogP contribution in [-0.2, 0) is 4.57 Å². The molecule has 0 bridgehead atoms. The molecule has 0 aromatic rings. The summed E-state index contributed by atoms with van der Waals surface area (Å²) in [5.41, 5.74) is 0. The van der Waals surface area contributed by atoms with E-state index in [0.29, 0.717) is 6.16 Å². The maximum atomic E-state index is 11.9. The normalized spacial score (nSPS) is 14.1. The van der Waals surface area contributed by atoms with Crippen LogP contribution in [0, 0.1) is 0 Å². The zero-order valence-electron chi connectivity index (χ0n) is 17.9. The Labute approximate surface area is 164 Å². The fourth-order valence-corrected chi connectivity index (χ4v) is 4.67. The van der Waals surface area contributed by atoms with Gasteiger partial charge in [0.1, 0.15) is 0 Å². The molecule has 0 aromatic carbocycles. The molecule has 0 aromatic heterocycles. The van der Waals surface area contributed by atoms with Gasteiger partial charge in [0, 0.05) is 6.16 Å². The third kappa shape index (κ3) is 20.2. The van der Waals surface area contributed by atoms with Crippen LogP contribution >= 0.6 is 7.37 Å². The Kier molecular flexibility index (Phi) is 19.6. The summed E-state index contributed by atoms with van der Waals surface area (Å²) in [5.74, 6) is 1.56. The molecule has 0 heterocycles. The maximum Gasteiger partial charge on any atom is 0.222 e. The van der Waals surface area contributed by atoms with Crippen LogP contribution in [0.25, 0.3) is 0 Å². The second kappa shape index (κ2) is 19.7. The van der Waals surface area contributed by atoms with Gasteiger partial charge in [-0.3, -0.25) is 4.57 Å². The predicted molar refractivity (Wildman–Crippen MR) is 118 cm³/mol. The second-order valence-corrected chi connectivity index (χ2v) is 10.2. The van der Waals surface area contributed by atoms with E-state index in [1.165, 1.54) is 89.9 Å². The minimum Gasteiger partial charge on any atom is -0.341 e. The fraction of sp³-hybridized carbons (Fsp3) is 0.913. The maximum absolute atomic E-state index is 11.9. The minimum atomic E-state index is -2.99. The lowest BCUT2D eigenvalue weighted by molar-refractivity contribution is 0.483. The van der Waals surface area contributed by atoms with Gasteiger partial charge in [0.2, 0.25) is 7.37 Å². The van der Waals surface area contributed by atoms with Crippen molar-refractivity contribution in [3.63, 3.8) is 0 Å². The van der Waals surface area contributed by atoms with Gasteiger partial charge in [0.15, 0.2) is 0 Å². The molecule has 0 saturated heterocycles. The van der Waals surface area contributed by atoms with Gasteiger partial charge in [-0.15, -0.1) is 0 Å². The molecule has 1 N–H and O–H groups in total. The highest BCUT2D eigenvalue weighted by Gasteiger charge is 2.12. The molecule has 1 atom stereocenters. The summed E-state index contributed by atoms with van der Waals surface area (Å²) in [6, 6.07) is 0.